The third-order valence-corrected chi connectivity index (χ3v) is 5.49. The average molecular weight is 363 g/mol. The van der Waals surface area contributed by atoms with Crippen molar-refractivity contribution in [2.24, 2.45) is 13.0 Å². The molecule has 2 aliphatic carbocycles. The van der Waals surface area contributed by atoms with Crippen LogP contribution in [0.5, 0.6) is 0 Å². The summed E-state index contributed by atoms with van der Waals surface area (Å²) in [6.07, 6.45) is 0.579. The van der Waals surface area contributed by atoms with Gasteiger partial charge in [0.15, 0.2) is 0 Å². The van der Waals surface area contributed by atoms with Crippen LogP contribution in [0.3, 0.4) is 0 Å². The summed E-state index contributed by atoms with van der Waals surface area (Å²) in [5.74, 6) is -0.904. The number of hydrogen-bond donors (Lipinski definition) is 1. The standard InChI is InChI=1S/C19H20F3N3O/c1-25-17-8-4-7-16(14(17)10-23-25)24-18(26)13-9-12(13)11-5-2-3-6-15(11)19(20,21)22/h2-3,5-6,10,12-13,16H,4,7-9H2,1H3,(H,24,26)/t12-,13-,16-/m0/s1. The molecule has 0 bridgehead atoms. The molecule has 2 aromatic rings. The predicted molar refractivity (Wildman–Crippen MR) is 89.3 cm³/mol. The number of fused-ring (bicyclic) bond motifs is 1. The summed E-state index contributed by atoms with van der Waals surface area (Å²) in [5, 5.41) is 7.29. The summed E-state index contributed by atoms with van der Waals surface area (Å²) in [4.78, 5) is 12.6. The van der Waals surface area contributed by atoms with Gasteiger partial charge in [-0.1, -0.05) is 18.2 Å². The van der Waals surface area contributed by atoms with Crippen molar-refractivity contribution in [2.75, 3.05) is 0 Å². The average Bonchev–Trinajstić information content (AvgIpc) is 3.32. The number of rotatable bonds is 3. The minimum atomic E-state index is -4.39. The molecule has 1 amide bonds. The second-order valence-electron chi connectivity index (χ2n) is 7.16. The molecule has 1 aromatic carbocycles. The maximum absolute atomic E-state index is 13.2. The molecule has 1 aromatic heterocycles. The largest absolute Gasteiger partial charge is 0.416 e. The molecule has 0 unspecified atom stereocenters. The molecule has 138 valence electrons. The van der Waals surface area contributed by atoms with E-state index in [1.54, 1.807) is 12.3 Å². The van der Waals surface area contributed by atoms with Crippen LogP contribution in [0, 0.1) is 5.92 Å². The molecule has 4 rings (SSSR count). The molecule has 0 radical (unpaired) electrons. The Kier molecular flexibility index (Phi) is 4.04. The predicted octanol–water partition coefficient (Wildman–Crippen LogP) is 3.74. The molecular formula is C19H20F3N3O. The molecule has 2 aliphatic rings. The van der Waals surface area contributed by atoms with Gasteiger partial charge in [-0.3, -0.25) is 9.48 Å². The molecule has 1 N–H and O–H groups in total. The fourth-order valence-corrected chi connectivity index (χ4v) is 4.04. The Bertz CT molecular complexity index is 843. The van der Waals surface area contributed by atoms with Gasteiger partial charge in [0.1, 0.15) is 0 Å². The highest BCUT2D eigenvalue weighted by Gasteiger charge is 2.48. The number of halogens is 3. The molecule has 1 saturated carbocycles. The van der Waals surface area contributed by atoms with Crippen molar-refractivity contribution in [1.29, 1.82) is 0 Å². The van der Waals surface area contributed by atoms with Crippen molar-refractivity contribution in [2.45, 2.75) is 43.8 Å². The van der Waals surface area contributed by atoms with Crippen LogP contribution in [0.2, 0.25) is 0 Å². The van der Waals surface area contributed by atoms with Crippen molar-refractivity contribution < 1.29 is 18.0 Å². The third-order valence-electron chi connectivity index (χ3n) is 5.49. The van der Waals surface area contributed by atoms with Gasteiger partial charge in [-0.05, 0) is 43.2 Å². The maximum Gasteiger partial charge on any atom is 0.416 e. The van der Waals surface area contributed by atoms with Gasteiger partial charge in [0.25, 0.3) is 0 Å². The molecule has 4 nitrogen and oxygen atoms in total. The van der Waals surface area contributed by atoms with Gasteiger partial charge in [-0.25, -0.2) is 0 Å². The maximum atomic E-state index is 13.2. The minimum absolute atomic E-state index is 0.0981. The van der Waals surface area contributed by atoms with E-state index >= 15 is 0 Å². The van der Waals surface area contributed by atoms with Crippen LogP contribution in [-0.2, 0) is 24.4 Å². The lowest BCUT2D eigenvalue weighted by Crippen LogP contribution is -2.32. The van der Waals surface area contributed by atoms with Gasteiger partial charge in [-0.15, -0.1) is 0 Å². The van der Waals surface area contributed by atoms with E-state index in [9.17, 15) is 18.0 Å². The number of nitrogens with zero attached hydrogens (tertiary/aromatic N) is 2. The first-order valence-corrected chi connectivity index (χ1v) is 8.83. The lowest BCUT2D eigenvalue weighted by molar-refractivity contribution is -0.138. The minimum Gasteiger partial charge on any atom is -0.349 e. The number of aromatic nitrogens is 2. The Labute approximate surface area is 149 Å². The summed E-state index contributed by atoms with van der Waals surface area (Å²) < 4.78 is 41.4. The Hall–Kier alpha value is -2.31. The van der Waals surface area contributed by atoms with Gasteiger partial charge in [0.2, 0.25) is 5.91 Å². The van der Waals surface area contributed by atoms with E-state index in [0.717, 1.165) is 36.6 Å². The summed E-state index contributed by atoms with van der Waals surface area (Å²) in [6, 6.07) is 5.46. The lowest BCUT2D eigenvalue weighted by Gasteiger charge is -2.24. The second-order valence-corrected chi connectivity index (χ2v) is 7.16. The zero-order valence-corrected chi connectivity index (χ0v) is 14.4. The monoisotopic (exact) mass is 363 g/mol. The summed E-state index contributed by atoms with van der Waals surface area (Å²) >= 11 is 0. The van der Waals surface area contributed by atoms with Crippen LogP contribution < -0.4 is 5.32 Å². The number of aryl methyl sites for hydroxylation is 1. The number of carbonyl (C=O) groups is 1. The molecule has 3 atom stereocenters. The van der Waals surface area contributed by atoms with E-state index in [4.69, 9.17) is 0 Å². The smallest absolute Gasteiger partial charge is 0.349 e. The molecule has 0 aliphatic heterocycles. The summed E-state index contributed by atoms with van der Waals surface area (Å²) in [6.45, 7) is 0. The second kappa shape index (κ2) is 6.14. The molecule has 0 spiro atoms. The molecule has 1 fully saturated rings. The van der Waals surface area contributed by atoms with Crippen molar-refractivity contribution in [3.8, 4) is 0 Å². The number of nitrogens with one attached hydrogen (secondary N) is 1. The Balaban J connectivity index is 1.48. The normalized spacial score (nSPS) is 24.8. The van der Waals surface area contributed by atoms with E-state index < -0.39 is 11.7 Å². The van der Waals surface area contributed by atoms with Crippen LogP contribution in [0.15, 0.2) is 30.5 Å². The van der Waals surface area contributed by atoms with E-state index in [1.165, 1.54) is 12.1 Å². The number of alkyl halides is 3. The zero-order chi connectivity index (χ0) is 18.5. The van der Waals surface area contributed by atoms with Gasteiger partial charge >= 0.3 is 6.18 Å². The van der Waals surface area contributed by atoms with Crippen molar-refractivity contribution in [3.63, 3.8) is 0 Å². The fourth-order valence-electron chi connectivity index (χ4n) is 4.04. The molecule has 7 heteroatoms. The van der Waals surface area contributed by atoms with Gasteiger partial charge in [-0.2, -0.15) is 18.3 Å². The number of carbonyl (C=O) groups excluding carboxylic acids is 1. The first kappa shape index (κ1) is 17.1. The number of benzene rings is 1. The SMILES string of the molecule is Cn1ncc2c1CCC[C@@H]2NC(=O)[C@H]1C[C@H]1c1ccccc1C(F)(F)F. The van der Waals surface area contributed by atoms with Crippen LogP contribution in [0.4, 0.5) is 13.2 Å². The van der Waals surface area contributed by atoms with Gasteiger partial charge in [0.05, 0.1) is 17.8 Å². The first-order chi connectivity index (χ1) is 12.4. The molecule has 0 saturated heterocycles. The van der Waals surface area contributed by atoms with E-state index in [0.29, 0.717) is 6.42 Å². The van der Waals surface area contributed by atoms with E-state index in [1.807, 2.05) is 11.7 Å². The van der Waals surface area contributed by atoms with Crippen LogP contribution >= 0.6 is 0 Å². The molecule has 26 heavy (non-hydrogen) atoms. The quantitative estimate of drug-likeness (QED) is 0.903. The Morgan fingerprint density at radius 3 is 2.81 bits per heavy atom. The zero-order valence-electron chi connectivity index (χ0n) is 14.4. The summed E-state index contributed by atoms with van der Waals surface area (Å²) in [5.41, 5.74) is 1.75. The highest BCUT2D eigenvalue weighted by atomic mass is 19.4. The Morgan fingerprint density at radius 2 is 2.04 bits per heavy atom. The fraction of sp³-hybridized carbons (Fsp3) is 0.474. The lowest BCUT2D eigenvalue weighted by atomic mass is 9.92. The van der Waals surface area contributed by atoms with E-state index in [-0.39, 0.29) is 29.3 Å². The van der Waals surface area contributed by atoms with Crippen molar-refractivity contribution in [3.05, 3.63) is 52.8 Å². The van der Waals surface area contributed by atoms with Crippen LogP contribution in [-0.4, -0.2) is 15.7 Å². The van der Waals surface area contributed by atoms with Crippen molar-refractivity contribution >= 4 is 5.91 Å². The topological polar surface area (TPSA) is 46.9 Å². The third kappa shape index (κ3) is 2.99. The first-order valence-electron chi connectivity index (χ1n) is 8.83. The number of hydrogen-bond acceptors (Lipinski definition) is 2. The highest BCUT2D eigenvalue weighted by molar-refractivity contribution is 5.83. The van der Waals surface area contributed by atoms with Crippen molar-refractivity contribution in [1.82, 2.24) is 15.1 Å². The van der Waals surface area contributed by atoms with Crippen LogP contribution in [0.25, 0.3) is 0 Å². The van der Waals surface area contributed by atoms with E-state index in [2.05, 4.69) is 10.4 Å². The van der Waals surface area contributed by atoms with Gasteiger partial charge in [0, 0.05) is 24.2 Å². The summed E-state index contributed by atoms with van der Waals surface area (Å²) in [7, 11) is 1.88. The van der Waals surface area contributed by atoms with Gasteiger partial charge < -0.3 is 5.32 Å². The number of amides is 1. The Morgan fingerprint density at radius 1 is 1.27 bits per heavy atom. The molecular weight excluding hydrogens is 343 g/mol. The highest BCUT2D eigenvalue weighted by Crippen LogP contribution is 2.51. The van der Waals surface area contributed by atoms with Crippen LogP contribution in [0.1, 0.15) is 53.6 Å². The molecule has 1 heterocycles.